The lowest BCUT2D eigenvalue weighted by Crippen LogP contribution is -2.28. The average Bonchev–Trinajstić information content (AvgIpc) is 3.25. The molecule has 0 radical (unpaired) electrons. The minimum atomic E-state index is -1.67. The lowest BCUT2D eigenvalue weighted by atomic mass is 10.1. The first-order valence-corrected chi connectivity index (χ1v) is 8.50. The second-order valence-electron chi connectivity index (χ2n) is 6.16. The summed E-state index contributed by atoms with van der Waals surface area (Å²) < 4.78 is 21.2. The van der Waals surface area contributed by atoms with E-state index in [-0.39, 0.29) is 22.9 Å². The molecule has 0 bridgehead atoms. The van der Waals surface area contributed by atoms with Crippen LogP contribution in [0.4, 0.5) is 10.2 Å². The molecule has 2 N–H and O–H groups in total. The Kier molecular flexibility index (Phi) is 4.50. The van der Waals surface area contributed by atoms with E-state index in [4.69, 9.17) is 4.74 Å². The third-order valence-corrected chi connectivity index (χ3v) is 4.47. The molecule has 1 saturated heterocycles. The Morgan fingerprint density at radius 2 is 2.11 bits per heavy atom. The predicted octanol–water partition coefficient (Wildman–Crippen LogP) is 1.48. The van der Waals surface area contributed by atoms with Gasteiger partial charge in [-0.25, -0.2) is 14.4 Å². The first kappa shape index (κ1) is 17.4. The van der Waals surface area contributed by atoms with Crippen LogP contribution < -0.4 is 5.32 Å². The van der Waals surface area contributed by atoms with Gasteiger partial charge in [0, 0.05) is 5.56 Å². The van der Waals surface area contributed by atoms with Gasteiger partial charge in [-0.1, -0.05) is 30.3 Å². The number of nitrogens with zero attached hydrogens (tertiary/aromatic N) is 5. The standard InChI is InChI=1S/C17H17FN6O3/c1-2-10-13(25)11(18)17(27-10)24-15-12(22-23-24)14(19-8-20-15)21-16(26)9-6-4-3-5-7-9/h3-8,10-11,13,17,25H,2H2,1H3,(H,19,20,21,26)/t10-,11+,13-,17-/m1/s1. The highest BCUT2D eigenvalue weighted by Gasteiger charge is 2.45. The van der Waals surface area contributed by atoms with Gasteiger partial charge in [0.25, 0.3) is 5.91 Å². The van der Waals surface area contributed by atoms with E-state index in [1.807, 2.05) is 0 Å². The quantitative estimate of drug-likeness (QED) is 0.713. The Balaban J connectivity index is 1.65. The van der Waals surface area contributed by atoms with Crippen molar-refractivity contribution in [3.8, 4) is 0 Å². The number of hydrogen-bond acceptors (Lipinski definition) is 7. The van der Waals surface area contributed by atoms with E-state index in [2.05, 4.69) is 25.6 Å². The van der Waals surface area contributed by atoms with Gasteiger partial charge in [-0.05, 0) is 18.6 Å². The molecule has 1 aromatic carbocycles. The number of halogens is 1. The van der Waals surface area contributed by atoms with Crippen LogP contribution in [0.25, 0.3) is 11.2 Å². The van der Waals surface area contributed by atoms with Crippen LogP contribution in [0, 0.1) is 0 Å². The Morgan fingerprint density at radius 3 is 2.81 bits per heavy atom. The SMILES string of the molecule is CC[C@H]1O[C@@H](n2nnc3c(NC(=O)c4ccccc4)ncnc32)[C@@H](F)[C@@H]1O. The number of aliphatic hydroxyl groups excluding tert-OH is 1. The molecule has 3 heterocycles. The Morgan fingerprint density at radius 1 is 1.33 bits per heavy atom. The average molecular weight is 372 g/mol. The fraction of sp³-hybridized carbons (Fsp3) is 0.353. The first-order chi connectivity index (χ1) is 13.1. The number of aliphatic hydroxyl groups is 1. The molecule has 0 aliphatic carbocycles. The van der Waals surface area contributed by atoms with E-state index in [0.717, 1.165) is 0 Å². The van der Waals surface area contributed by atoms with Gasteiger partial charge in [-0.15, -0.1) is 5.10 Å². The van der Waals surface area contributed by atoms with Gasteiger partial charge in [-0.3, -0.25) is 4.79 Å². The lowest BCUT2D eigenvalue weighted by molar-refractivity contribution is -0.0307. The molecule has 10 heteroatoms. The highest BCUT2D eigenvalue weighted by molar-refractivity contribution is 6.06. The maximum atomic E-state index is 14.5. The van der Waals surface area contributed by atoms with E-state index in [0.29, 0.717) is 12.0 Å². The minimum absolute atomic E-state index is 0.154. The maximum Gasteiger partial charge on any atom is 0.256 e. The molecule has 2 aromatic heterocycles. The summed E-state index contributed by atoms with van der Waals surface area (Å²) in [5.74, 6) is -0.215. The number of rotatable bonds is 4. The van der Waals surface area contributed by atoms with Crippen molar-refractivity contribution in [3.63, 3.8) is 0 Å². The Bertz CT molecular complexity index is 966. The predicted molar refractivity (Wildman–Crippen MR) is 92.6 cm³/mol. The fourth-order valence-corrected chi connectivity index (χ4v) is 3.04. The van der Waals surface area contributed by atoms with Crippen molar-refractivity contribution in [2.75, 3.05) is 5.32 Å². The van der Waals surface area contributed by atoms with Crippen LogP contribution in [0.5, 0.6) is 0 Å². The second-order valence-corrected chi connectivity index (χ2v) is 6.16. The zero-order valence-corrected chi connectivity index (χ0v) is 14.4. The van der Waals surface area contributed by atoms with Crippen LogP contribution in [-0.2, 0) is 4.74 Å². The molecule has 4 rings (SSSR count). The van der Waals surface area contributed by atoms with E-state index in [9.17, 15) is 14.3 Å². The van der Waals surface area contributed by atoms with Crippen molar-refractivity contribution in [1.29, 1.82) is 0 Å². The van der Waals surface area contributed by atoms with Crippen molar-refractivity contribution in [2.45, 2.75) is 38.0 Å². The summed E-state index contributed by atoms with van der Waals surface area (Å²) in [6, 6.07) is 8.62. The highest BCUT2D eigenvalue weighted by Crippen LogP contribution is 2.34. The molecule has 0 unspecified atom stereocenters. The summed E-state index contributed by atoms with van der Waals surface area (Å²) in [5, 5.41) is 20.5. The Labute approximate surface area is 153 Å². The van der Waals surface area contributed by atoms with E-state index in [1.165, 1.54) is 11.0 Å². The lowest BCUT2D eigenvalue weighted by Gasteiger charge is -2.13. The number of fused-ring (bicyclic) bond motifs is 1. The maximum absolute atomic E-state index is 14.5. The Hall–Kier alpha value is -2.98. The van der Waals surface area contributed by atoms with Crippen LogP contribution in [0.3, 0.4) is 0 Å². The van der Waals surface area contributed by atoms with Crippen LogP contribution in [0.1, 0.15) is 29.9 Å². The van der Waals surface area contributed by atoms with Gasteiger partial charge in [0.05, 0.1) is 6.10 Å². The summed E-state index contributed by atoms with van der Waals surface area (Å²) in [5.41, 5.74) is 0.852. The molecule has 1 aliphatic heterocycles. The van der Waals surface area contributed by atoms with Crippen LogP contribution in [0.2, 0.25) is 0 Å². The molecule has 140 valence electrons. The van der Waals surface area contributed by atoms with Gasteiger partial charge in [0.1, 0.15) is 12.4 Å². The van der Waals surface area contributed by atoms with Gasteiger partial charge >= 0.3 is 0 Å². The molecular weight excluding hydrogens is 355 g/mol. The van der Waals surface area contributed by atoms with E-state index < -0.39 is 24.6 Å². The van der Waals surface area contributed by atoms with Crippen molar-refractivity contribution >= 4 is 22.9 Å². The van der Waals surface area contributed by atoms with Crippen LogP contribution in [0.15, 0.2) is 36.7 Å². The molecule has 9 nitrogen and oxygen atoms in total. The third-order valence-electron chi connectivity index (χ3n) is 4.47. The molecule has 1 amide bonds. The molecule has 1 aliphatic rings. The number of hydrogen-bond donors (Lipinski definition) is 2. The number of carbonyl (C=O) groups excluding carboxylic acids is 1. The summed E-state index contributed by atoms with van der Waals surface area (Å²) in [6.45, 7) is 1.79. The number of amides is 1. The van der Waals surface area contributed by atoms with Crippen LogP contribution >= 0.6 is 0 Å². The first-order valence-electron chi connectivity index (χ1n) is 8.50. The number of anilines is 1. The van der Waals surface area contributed by atoms with E-state index in [1.54, 1.807) is 37.3 Å². The second kappa shape index (κ2) is 6.97. The summed E-state index contributed by atoms with van der Waals surface area (Å²) in [7, 11) is 0. The topological polar surface area (TPSA) is 115 Å². The number of carbonyl (C=O) groups is 1. The summed E-state index contributed by atoms with van der Waals surface area (Å²) in [6.07, 6.45) is -3.03. The normalized spacial score (nSPS) is 25.0. The molecule has 1 fully saturated rings. The smallest absolute Gasteiger partial charge is 0.256 e. The van der Waals surface area contributed by atoms with Crippen LogP contribution in [-0.4, -0.2) is 54.4 Å². The molecule has 0 saturated carbocycles. The fourth-order valence-electron chi connectivity index (χ4n) is 3.04. The minimum Gasteiger partial charge on any atom is -0.387 e. The van der Waals surface area contributed by atoms with Gasteiger partial charge < -0.3 is 15.2 Å². The van der Waals surface area contributed by atoms with E-state index >= 15 is 0 Å². The third kappa shape index (κ3) is 3.02. The number of alkyl halides is 1. The molecule has 0 spiro atoms. The summed E-state index contributed by atoms with van der Waals surface area (Å²) >= 11 is 0. The number of aromatic nitrogens is 5. The van der Waals surface area contributed by atoms with Crippen molar-refractivity contribution in [2.24, 2.45) is 0 Å². The number of ether oxygens (including phenoxy) is 1. The number of benzene rings is 1. The number of nitrogens with one attached hydrogen (secondary N) is 1. The van der Waals surface area contributed by atoms with Gasteiger partial charge in [-0.2, -0.15) is 4.68 Å². The van der Waals surface area contributed by atoms with Crippen molar-refractivity contribution < 1.29 is 19.0 Å². The molecule has 3 aromatic rings. The molecule has 27 heavy (non-hydrogen) atoms. The van der Waals surface area contributed by atoms with Crippen molar-refractivity contribution in [3.05, 3.63) is 42.2 Å². The summed E-state index contributed by atoms with van der Waals surface area (Å²) in [4.78, 5) is 20.5. The zero-order valence-electron chi connectivity index (χ0n) is 14.4. The largest absolute Gasteiger partial charge is 0.387 e. The van der Waals surface area contributed by atoms with Gasteiger partial charge in [0.2, 0.25) is 0 Å². The molecule has 4 atom stereocenters. The van der Waals surface area contributed by atoms with Crippen molar-refractivity contribution in [1.82, 2.24) is 25.0 Å². The van der Waals surface area contributed by atoms with Gasteiger partial charge in [0.15, 0.2) is 29.4 Å². The monoisotopic (exact) mass is 372 g/mol. The molecular formula is C17H17FN6O3. The zero-order chi connectivity index (χ0) is 19.0. The highest BCUT2D eigenvalue weighted by atomic mass is 19.1.